The average Bonchev–Trinajstić information content (AvgIpc) is 2.64. The topological polar surface area (TPSA) is 15.6 Å². The van der Waals surface area contributed by atoms with Crippen LogP contribution in [-0.4, -0.2) is 18.8 Å². The maximum absolute atomic E-state index is 4.73. The molecule has 0 radical (unpaired) electrons. The van der Waals surface area contributed by atoms with E-state index in [1.807, 2.05) is 6.21 Å². The number of aryl methyl sites for hydroxylation is 1. The predicted octanol–water partition coefficient (Wildman–Crippen LogP) is 6.89. The quantitative estimate of drug-likeness (QED) is 0.542. The molecule has 0 N–H and O–H groups in total. The average molecular weight is 361 g/mol. The Morgan fingerprint density at radius 2 is 1.78 bits per heavy atom. The highest BCUT2D eigenvalue weighted by molar-refractivity contribution is 5.90. The van der Waals surface area contributed by atoms with E-state index in [0.29, 0.717) is 5.92 Å². The molecule has 3 rings (SSSR count). The molecule has 0 aliphatic carbocycles. The summed E-state index contributed by atoms with van der Waals surface area (Å²) >= 11 is 0. The fraction of sp³-hybridized carbons (Fsp3) is 0.400. The van der Waals surface area contributed by atoms with Crippen LogP contribution >= 0.6 is 0 Å². The normalized spacial score (nSPS) is 17.0. The second-order valence-corrected chi connectivity index (χ2v) is 8.43. The Morgan fingerprint density at radius 3 is 2.41 bits per heavy atom. The zero-order valence-corrected chi connectivity index (χ0v) is 17.8. The predicted molar refractivity (Wildman–Crippen MR) is 120 cm³/mol. The van der Waals surface area contributed by atoms with Gasteiger partial charge in [-0.3, -0.25) is 4.99 Å². The van der Waals surface area contributed by atoms with Crippen molar-refractivity contribution in [3.63, 3.8) is 0 Å². The van der Waals surface area contributed by atoms with Crippen molar-refractivity contribution in [1.82, 2.24) is 0 Å². The molecule has 2 heteroatoms. The lowest BCUT2D eigenvalue weighted by Crippen LogP contribution is -2.42. The number of aliphatic imine (C=N–C) groups is 1. The molecule has 27 heavy (non-hydrogen) atoms. The molecule has 0 bridgehead atoms. The van der Waals surface area contributed by atoms with E-state index in [-0.39, 0.29) is 5.54 Å². The number of nitrogens with zero attached hydrogens (tertiary/aromatic N) is 2. The summed E-state index contributed by atoms with van der Waals surface area (Å²) in [6.45, 7) is 13.4. The van der Waals surface area contributed by atoms with Gasteiger partial charge in [-0.05, 0) is 86.6 Å². The van der Waals surface area contributed by atoms with Gasteiger partial charge in [0.25, 0.3) is 0 Å². The Labute approximate surface area is 164 Å². The third kappa shape index (κ3) is 3.85. The third-order valence-electron chi connectivity index (χ3n) is 6.03. The van der Waals surface area contributed by atoms with Crippen LogP contribution in [0.15, 0.2) is 47.5 Å². The fourth-order valence-electron chi connectivity index (χ4n) is 3.73. The van der Waals surface area contributed by atoms with Crippen molar-refractivity contribution < 1.29 is 0 Å². The molecule has 142 valence electrons. The van der Waals surface area contributed by atoms with Gasteiger partial charge in [0.05, 0.1) is 11.2 Å². The van der Waals surface area contributed by atoms with E-state index in [1.165, 1.54) is 33.5 Å². The number of fused-ring (bicyclic) bond motifs is 1. The molecule has 0 saturated carbocycles. The van der Waals surface area contributed by atoms with Crippen molar-refractivity contribution in [2.75, 3.05) is 11.9 Å². The highest BCUT2D eigenvalue weighted by Crippen LogP contribution is 2.39. The fourth-order valence-corrected chi connectivity index (χ4v) is 3.73. The number of likely N-dealkylation sites (N-methyl/N-ethyl adjacent to an activating group) is 1. The van der Waals surface area contributed by atoms with E-state index in [9.17, 15) is 0 Å². The molecule has 2 aromatic carbocycles. The molecule has 1 aliphatic rings. The van der Waals surface area contributed by atoms with Crippen LogP contribution < -0.4 is 4.90 Å². The molecular weight excluding hydrogens is 328 g/mol. The summed E-state index contributed by atoms with van der Waals surface area (Å²) in [6, 6.07) is 13.2. The summed E-state index contributed by atoms with van der Waals surface area (Å²) in [5.74, 6) is 0.599. The Morgan fingerprint density at radius 1 is 1.11 bits per heavy atom. The van der Waals surface area contributed by atoms with E-state index in [2.05, 4.69) is 96.0 Å². The molecule has 0 spiro atoms. The van der Waals surface area contributed by atoms with Crippen LogP contribution in [0, 0.1) is 6.92 Å². The zero-order valence-electron chi connectivity index (χ0n) is 17.8. The summed E-state index contributed by atoms with van der Waals surface area (Å²) in [6.07, 6.45) is 5.51. The smallest absolute Gasteiger partial charge is 0.0630 e. The van der Waals surface area contributed by atoms with Gasteiger partial charge in [-0.1, -0.05) is 32.1 Å². The Balaban J connectivity index is 1.91. The first-order chi connectivity index (χ1) is 12.7. The van der Waals surface area contributed by atoms with Gasteiger partial charge in [0.2, 0.25) is 0 Å². The van der Waals surface area contributed by atoms with Crippen LogP contribution in [0.25, 0.3) is 5.57 Å². The first kappa shape index (κ1) is 19.4. The van der Waals surface area contributed by atoms with Crippen LogP contribution in [0.2, 0.25) is 0 Å². The molecule has 2 nitrogen and oxygen atoms in total. The zero-order chi connectivity index (χ0) is 19.8. The van der Waals surface area contributed by atoms with Crippen LogP contribution in [0.1, 0.15) is 69.2 Å². The standard InChI is InChI=1S/C25H32N2/c1-8-17(2)20-9-11-22(12-10-20)26-16-21-14-23-19(4)15-25(5,6)27(7)24(23)13-18(21)3/h9-17H,8H2,1-7H3. The van der Waals surface area contributed by atoms with Crippen molar-refractivity contribution in [2.45, 2.75) is 59.4 Å². The molecule has 0 fully saturated rings. The number of allylic oxidation sites excluding steroid dienone is 1. The molecular formula is C25H32N2. The SMILES string of the molecule is CCC(C)c1ccc(N=Cc2cc3c(cc2C)N(C)C(C)(C)C=C3C)cc1. The minimum absolute atomic E-state index is 0.0382. The molecule has 1 heterocycles. The van der Waals surface area contributed by atoms with Gasteiger partial charge in [-0.2, -0.15) is 0 Å². The van der Waals surface area contributed by atoms with Gasteiger partial charge < -0.3 is 4.90 Å². The van der Waals surface area contributed by atoms with Crippen molar-refractivity contribution in [2.24, 2.45) is 4.99 Å². The minimum Gasteiger partial charge on any atom is -0.365 e. The molecule has 0 aromatic heterocycles. The minimum atomic E-state index is 0.0382. The van der Waals surface area contributed by atoms with E-state index in [1.54, 1.807) is 0 Å². The maximum atomic E-state index is 4.73. The summed E-state index contributed by atoms with van der Waals surface area (Å²) in [5.41, 5.74) is 8.80. The van der Waals surface area contributed by atoms with Crippen molar-refractivity contribution in [3.05, 3.63) is 64.7 Å². The number of hydrogen-bond donors (Lipinski definition) is 0. The summed E-state index contributed by atoms with van der Waals surface area (Å²) in [7, 11) is 2.17. The molecule has 1 aliphatic heterocycles. The van der Waals surface area contributed by atoms with Gasteiger partial charge in [0, 0.05) is 24.5 Å². The third-order valence-corrected chi connectivity index (χ3v) is 6.03. The van der Waals surface area contributed by atoms with Gasteiger partial charge in [-0.25, -0.2) is 0 Å². The van der Waals surface area contributed by atoms with Crippen molar-refractivity contribution in [1.29, 1.82) is 0 Å². The van der Waals surface area contributed by atoms with Gasteiger partial charge in [0.15, 0.2) is 0 Å². The lowest BCUT2D eigenvalue weighted by molar-refractivity contribution is 0.597. The van der Waals surface area contributed by atoms with Crippen molar-refractivity contribution in [3.8, 4) is 0 Å². The van der Waals surface area contributed by atoms with Gasteiger partial charge >= 0.3 is 0 Å². The van der Waals surface area contributed by atoms with Crippen LogP contribution in [0.5, 0.6) is 0 Å². The Kier molecular flexibility index (Phi) is 5.28. The van der Waals surface area contributed by atoms with Crippen LogP contribution in [0.3, 0.4) is 0 Å². The first-order valence-corrected chi connectivity index (χ1v) is 9.95. The molecule has 2 aromatic rings. The highest BCUT2D eigenvalue weighted by atomic mass is 15.2. The van der Waals surface area contributed by atoms with E-state index in [4.69, 9.17) is 4.99 Å². The van der Waals surface area contributed by atoms with Crippen molar-refractivity contribution >= 4 is 23.2 Å². The van der Waals surface area contributed by atoms with Crippen LogP contribution in [0.4, 0.5) is 11.4 Å². The molecule has 0 amide bonds. The number of benzene rings is 2. The monoisotopic (exact) mass is 360 g/mol. The maximum Gasteiger partial charge on any atom is 0.0630 e. The highest BCUT2D eigenvalue weighted by Gasteiger charge is 2.28. The number of rotatable bonds is 4. The number of hydrogen-bond acceptors (Lipinski definition) is 2. The van der Waals surface area contributed by atoms with E-state index < -0.39 is 0 Å². The summed E-state index contributed by atoms with van der Waals surface area (Å²) in [5, 5.41) is 0. The van der Waals surface area contributed by atoms with Gasteiger partial charge in [0.1, 0.15) is 0 Å². The summed E-state index contributed by atoms with van der Waals surface area (Å²) in [4.78, 5) is 7.09. The van der Waals surface area contributed by atoms with Crippen LogP contribution in [-0.2, 0) is 0 Å². The summed E-state index contributed by atoms with van der Waals surface area (Å²) < 4.78 is 0. The largest absolute Gasteiger partial charge is 0.365 e. The second-order valence-electron chi connectivity index (χ2n) is 8.43. The lowest BCUT2D eigenvalue weighted by atomic mass is 9.87. The van der Waals surface area contributed by atoms with E-state index in [0.717, 1.165) is 12.1 Å². The molecule has 1 unspecified atom stereocenters. The molecule has 1 atom stereocenters. The second kappa shape index (κ2) is 7.34. The molecule has 0 saturated heterocycles. The Bertz CT molecular complexity index is 885. The first-order valence-electron chi connectivity index (χ1n) is 9.95. The number of anilines is 1. The lowest BCUT2D eigenvalue weighted by Gasteiger charge is -2.41. The van der Waals surface area contributed by atoms with E-state index >= 15 is 0 Å². The van der Waals surface area contributed by atoms with Gasteiger partial charge in [-0.15, -0.1) is 0 Å². The Hall–Kier alpha value is -2.35.